The number of hydrogen-bond acceptors (Lipinski definition) is 7. The molecule has 1 saturated heterocycles. The molecule has 2 fully saturated rings. The number of carboxylic acid groups (broad SMARTS) is 1. The quantitative estimate of drug-likeness (QED) is 0.102. The van der Waals surface area contributed by atoms with Crippen LogP contribution in [0, 0.1) is 11.8 Å². The number of alkyl carbamates (subject to hydrolysis) is 1. The summed E-state index contributed by atoms with van der Waals surface area (Å²) < 4.78 is 4.76. The van der Waals surface area contributed by atoms with Crippen molar-refractivity contribution < 1.29 is 29.0 Å². The van der Waals surface area contributed by atoms with Crippen molar-refractivity contribution in [2.45, 2.75) is 103 Å². The number of carbonyl (C=O) groups is 4. The Balaban J connectivity index is 1.03. The number of amides is 4. The van der Waals surface area contributed by atoms with Crippen molar-refractivity contribution in [3.05, 3.63) is 71.6 Å². The second kappa shape index (κ2) is 16.2. The molecule has 6 N–H and O–H groups in total. The van der Waals surface area contributed by atoms with Gasteiger partial charge in [0.05, 0.1) is 30.7 Å². The maximum absolute atomic E-state index is 13.6. The largest absolute Gasteiger partial charge is 0.465 e. The summed E-state index contributed by atoms with van der Waals surface area (Å²) in [5.74, 6) is 0.916. The SMILES string of the molecule is COC(=O)N[C@H](C(=O)N1CCC[C@H]1c1ncc(-c2ccc(-c3ccc4c(c3)CCc3[nH]c([C@@H]5CCC[C@@H]5NC(=O)[C@@H](NC(=O)O)C(C)C)nc3-4)cc2)[nH]1)C(C)C. The molecule has 2 aliphatic carbocycles. The molecular weight excluding hydrogens is 713 g/mol. The van der Waals surface area contributed by atoms with Crippen LogP contribution in [-0.2, 0) is 27.2 Å². The highest BCUT2D eigenvalue weighted by molar-refractivity contribution is 5.87. The summed E-state index contributed by atoms with van der Waals surface area (Å²) in [4.78, 5) is 68.6. The van der Waals surface area contributed by atoms with Gasteiger partial charge in [-0.2, -0.15) is 0 Å². The third kappa shape index (κ3) is 7.87. The van der Waals surface area contributed by atoms with Crippen LogP contribution in [0.5, 0.6) is 0 Å². The van der Waals surface area contributed by atoms with Crippen LogP contribution in [0.4, 0.5) is 9.59 Å². The number of imidazole rings is 2. The van der Waals surface area contributed by atoms with Gasteiger partial charge in [-0.15, -0.1) is 0 Å². The first kappa shape index (κ1) is 38.6. The van der Waals surface area contributed by atoms with Crippen LogP contribution in [0.1, 0.15) is 94.7 Å². The van der Waals surface area contributed by atoms with E-state index < -0.39 is 24.3 Å². The number of nitrogens with zero attached hydrogens (tertiary/aromatic N) is 3. The minimum atomic E-state index is -1.21. The molecule has 1 aliphatic heterocycles. The van der Waals surface area contributed by atoms with Crippen LogP contribution >= 0.6 is 0 Å². The van der Waals surface area contributed by atoms with Gasteiger partial charge in [0.1, 0.15) is 23.7 Å². The van der Waals surface area contributed by atoms with Crippen LogP contribution in [0.3, 0.4) is 0 Å². The summed E-state index contributed by atoms with van der Waals surface area (Å²) in [6.45, 7) is 8.06. The highest BCUT2D eigenvalue weighted by Gasteiger charge is 2.38. The third-order valence-corrected chi connectivity index (χ3v) is 11.6. The van der Waals surface area contributed by atoms with E-state index in [1.54, 1.807) is 0 Å². The molecule has 56 heavy (non-hydrogen) atoms. The number of fused-ring (bicyclic) bond motifs is 3. The molecule has 0 bridgehead atoms. The van der Waals surface area contributed by atoms with Gasteiger partial charge in [-0.25, -0.2) is 19.6 Å². The van der Waals surface area contributed by atoms with Crippen LogP contribution in [0.25, 0.3) is 33.6 Å². The topological polar surface area (TPSA) is 194 Å². The second-order valence-electron chi connectivity index (χ2n) is 16.0. The predicted octanol–water partition coefficient (Wildman–Crippen LogP) is 6.32. The zero-order valence-corrected chi connectivity index (χ0v) is 32.6. The van der Waals surface area contributed by atoms with Gasteiger partial charge in [-0.3, -0.25) is 9.59 Å². The number of hydrogen-bond donors (Lipinski definition) is 6. The van der Waals surface area contributed by atoms with Crippen molar-refractivity contribution in [2.75, 3.05) is 13.7 Å². The number of aromatic nitrogens is 4. The maximum Gasteiger partial charge on any atom is 0.407 e. The summed E-state index contributed by atoms with van der Waals surface area (Å²) in [6.07, 6.45) is 6.00. The maximum atomic E-state index is 13.6. The standard InChI is InChI=1S/C42H52N8O6/c1-22(2)34(48-41(53)54)39(51)46-30-9-6-8-29(30)37-44-31-18-16-27-20-26(15-17-28(27)36(31)47-37)24-11-13-25(14-12-24)32-21-43-38(45-32)33-10-7-19-50(33)40(52)35(23(3)4)49-42(55)56-5/h11-15,17,20-23,29-30,33-35,48H,6-10,16,18-19H2,1-5H3,(H,43,45)(H,44,47)(H,46,51)(H,49,55)(H,53,54)/t29-,30+,33+,34+,35+/m1/s1. The number of methoxy groups -OCH3 is 1. The Bertz CT molecular complexity index is 2090. The smallest absolute Gasteiger partial charge is 0.407 e. The summed E-state index contributed by atoms with van der Waals surface area (Å²) >= 11 is 0. The minimum absolute atomic E-state index is 0.0292. The van der Waals surface area contributed by atoms with Gasteiger partial charge in [0.2, 0.25) is 11.8 Å². The molecule has 1 saturated carbocycles. The van der Waals surface area contributed by atoms with E-state index in [1.807, 2.05) is 38.8 Å². The lowest BCUT2D eigenvalue weighted by Gasteiger charge is -2.30. The summed E-state index contributed by atoms with van der Waals surface area (Å²) in [7, 11) is 1.29. The van der Waals surface area contributed by atoms with E-state index in [0.29, 0.717) is 6.54 Å². The van der Waals surface area contributed by atoms with Gasteiger partial charge in [-0.1, -0.05) is 76.6 Å². The monoisotopic (exact) mass is 764 g/mol. The van der Waals surface area contributed by atoms with Gasteiger partial charge in [-0.05, 0) is 72.6 Å². The number of aromatic amines is 2. The molecule has 2 aromatic heterocycles. The Kier molecular flexibility index (Phi) is 11.2. The second-order valence-corrected chi connectivity index (χ2v) is 16.0. The highest BCUT2D eigenvalue weighted by atomic mass is 16.5. The molecule has 14 heteroatoms. The van der Waals surface area contributed by atoms with E-state index in [4.69, 9.17) is 14.7 Å². The fraction of sp³-hybridized carbons (Fsp3) is 0.476. The van der Waals surface area contributed by atoms with Crippen molar-refractivity contribution in [3.8, 4) is 33.6 Å². The summed E-state index contributed by atoms with van der Waals surface area (Å²) in [5, 5.41) is 17.4. The Hall–Kier alpha value is -5.66. The predicted molar refractivity (Wildman–Crippen MR) is 211 cm³/mol. The molecule has 0 unspecified atom stereocenters. The number of benzene rings is 2. The Morgan fingerprint density at radius 2 is 1.59 bits per heavy atom. The van der Waals surface area contributed by atoms with E-state index in [9.17, 15) is 24.3 Å². The Morgan fingerprint density at radius 3 is 2.30 bits per heavy atom. The fourth-order valence-electron chi connectivity index (χ4n) is 8.57. The van der Waals surface area contributed by atoms with Gasteiger partial charge in [0.15, 0.2) is 0 Å². The number of nitrogens with one attached hydrogen (secondary N) is 5. The molecule has 5 atom stereocenters. The molecule has 4 aromatic rings. The van der Waals surface area contributed by atoms with Crippen LogP contribution in [0.2, 0.25) is 0 Å². The van der Waals surface area contributed by atoms with Gasteiger partial charge in [0.25, 0.3) is 0 Å². The van der Waals surface area contributed by atoms with E-state index in [2.05, 4.69) is 68.4 Å². The van der Waals surface area contributed by atoms with Crippen molar-refractivity contribution in [2.24, 2.45) is 11.8 Å². The Labute approximate surface area is 326 Å². The molecule has 14 nitrogen and oxygen atoms in total. The molecule has 3 aliphatic rings. The number of carbonyl (C=O) groups excluding carboxylic acids is 3. The van der Waals surface area contributed by atoms with Crippen molar-refractivity contribution >= 4 is 24.0 Å². The molecule has 4 amide bonds. The molecule has 7 rings (SSSR count). The summed E-state index contributed by atoms with van der Waals surface area (Å²) in [6, 6.07) is 13.1. The molecule has 296 valence electrons. The molecule has 0 spiro atoms. The molecule has 2 aromatic carbocycles. The number of aryl methyl sites for hydroxylation is 2. The van der Waals surface area contributed by atoms with Crippen molar-refractivity contribution in [1.29, 1.82) is 0 Å². The minimum Gasteiger partial charge on any atom is -0.465 e. The average Bonchev–Trinajstić information content (AvgIpc) is 4.01. The number of rotatable bonds is 11. The first-order chi connectivity index (χ1) is 26.9. The first-order valence-corrected chi connectivity index (χ1v) is 19.7. The van der Waals surface area contributed by atoms with E-state index in [-0.39, 0.29) is 41.7 Å². The number of ether oxygens (including phenoxy) is 1. The normalized spacial score (nSPS) is 20.0. The molecular formula is C42H52N8O6. The van der Waals surface area contributed by atoms with Crippen LogP contribution in [0.15, 0.2) is 48.7 Å². The van der Waals surface area contributed by atoms with Crippen LogP contribution in [-0.4, -0.2) is 85.7 Å². The van der Waals surface area contributed by atoms with Crippen molar-refractivity contribution in [3.63, 3.8) is 0 Å². The highest BCUT2D eigenvalue weighted by Crippen LogP contribution is 2.40. The molecule has 3 heterocycles. The van der Waals surface area contributed by atoms with Crippen LogP contribution < -0.4 is 16.0 Å². The van der Waals surface area contributed by atoms with E-state index >= 15 is 0 Å². The third-order valence-electron chi connectivity index (χ3n) is 11.6. The molecule has 0 radical (unpaired) electrons. The Morgan fingerprint density at radius 1 is 0.857 bits per heavy atom. The fourth-order valence-corrected chi connectivity index (χ4v) is 8.57. The number of likely N-dealkylation sites (tertiary alicyclic amines) is 1. The lowest BCUT2D eigenvalue weighted by atomic mass is 9.89. The van der Waals surface area contributed by atoms with E-state index in [1.165, 1.54) is 12.7 Å². The van der Waals surface area contributed by atoms with E-state index in [0.717, 1.165) is 95.9 Å². The lowest BCUT2D eigenvalue weighted by molar-refractivity contribution is -0.135. The van der Waals surface area contributed by atoms with Gasteiger partial charge < -0.3 is 40.7 Å². The number of H-pyrrole nitrogens is 2. The summed E-state index contributed by atoms with van der Waals surface area (Å²) in [5.41, 5.74) is 8.49. The van der Waals surface area contributed by atoms with Gasteiger partial charge in [0, 0.05) is 29.8 Å². The average molecular weight is 765 g/mol. The zero-order valence-electron chi connectivity index (χ0n) is 32.6. The van der Waals surface area contributed by atoms with Crippen molar-refractivity contribution in [1.82, 2.24) is 40.8 Å². The van der Waals surface area contributed by atoms with Gasteiger partial charge >= 0.3 is 12.2 Å². The lowest BCUT2D eigenvalue weighted by Crippen LogP contribution is -2.52. The first-order valence-electron chi connectivity index (χ1n) is 19.7. The zero-order chi connectivity index (χ0) is 39.7.